The van der Waals surface area contributed by atoms with Crippen LogP contribution in [0.5, 0.6) is 0 Å². The summed E-state index contributed by atoms with van der Waals surface area (Å²) >= 11 is 0. The fraction of sp³-hybridized carbons (Fsp3) is 0.880. The first-order valence-corrected chi connectivity index (χ1v) is 14.8. The molecule has 0 aromatic carbocycles. The molecule has 0 aromatic heterocycles. The summed E-state index contributed by atoms with van der Waals surface area (Å²) in [6.45, 7) is 19.0. The number of fused-ring (bicyclic) bond motifs is 1. The maximum absolute atomic E-state index is 13.5. The van der Waals surface area contributed by atoms with E-state index < -0.39 is 43.1 Å². The van der Waals surface area contributed by atoms with E-state index in [1.54, 1.807) is 0 Å². The fourth-order valence-corrected chi connectivity index (χ4v) is 12.1. The molecule has 2 aliphatic carbocycles. The van der Waals surface area contributed by atoms with Gasteiger partial charge in [-0.25, -0.2) is 0 Å². The minimum atomic E-state index is -1.94. The van der Waals surface area contributed by atoms with Crippen LogP contribution in [0.3, 0.4) is 0 Å². The van der Waals surface area contributed by atoms with Crippen LogP contribution in [0.25, 0.3) is 0 Å². The Morgan fingerprint density at radius 1 is 1.12 bits per heavy atom. The lowest BCUT2D eigenvalue weighted by Crippen LogP contribution is -2.52. The summed E-state index contributed by atoms with van der Waals surface area (Å²) in [5.74, 6) is -1.48. The van der Waals surface area contributed by atoms with Gasteiger partial charge in [-0.2, -0.15) is 0 Å². The Kier molecular flexibility index (Phi) is 6.66. The van der Waals surface area contributed by atoms with Gasteiger partial charge in [-0.3, -0.25) is 14.4 Å². The summed E-state index contributed by atoms with van der Waals surface area (Å²) < 4.78 is 17.6. The SMILES string of the molecule is CCC(C)(C)C(=O)OC1C2CC3C1OC(=O)C3(C(=O)OC[Si](C(C)C)(C(C)C)C(C)C)C2. The summed E-state index contributed by atoms with van der Waals surface area (Å²) in [6, 6.07) is 0. The molecule has 0 spiro atoms. The Morgan fingerprint density at radius 2 is 1.69 bits per heavy atom. The molecule has 0 radical (unpaired) electrons. The first-order valence-electron chi connectivity index (χ1n) is 12.3. The van der Waals surface area contributed by atoms with Crippen molar-refractivity contribution in [2.24, 2.45) is 22.7 Å². The average molecular weight is 467 g/mol. The highest BCUT2D eigenvalue weighted by atomic mass is 28.3. The van der Waals surface area contributed by atoms with Crippen molar-refractivity contribution in [3.8, 4) is 0 Å². The first-order chi connectivity index (χ1) is 14.8. The van der Waals surface area contributed by atoms with Crippen LogP contribution < -0.4 is 0 Å². The van der Waals surface area contributed by atoms with Gasteiger partial charge in [0.15, 0.2) is 5.41 Å². The Labute approximate surface area is 194 Å². The highest BCUT2D eigenvalue weighted by Gasteiger charge is 2.75. The summed E-state index contributed by atoms with van der Waals surface area (Å²) in [7, 11) is -1.94. The predicted octanol–water partition coefficient (Wildman–Crippen LogP) is 5.05. The van der Waals surface area contributed by atoms with E-state index >= 15 is 0 Å². The zero-order chi connectivity index (χ0) is 24.2. The second-order valence-corrected chi connectivity index (χ2v) is 17.9. The molecule has 2 saturated carbocycles. The third kappa shape index (κ3) is 3.53. The van der Waals surface area contributed by atoms with E-state index in [1.165, 1.54) is 0 Å². The van der Waals surface area contributed by atoms with Gasteiger partial charge in [-0.15, -0.1) is 0 Å². The van der Waals surface area contributed by atoms with E-state index in [4.69, 9.17) is 14.2 Å². The van der Waals surface area contributed by atoms with Crippen LogP contribution >= 0.6 is 0 Å². The van der Waals surface area contributed by atoms with Crippen LogP contribution in [0.15, 0.2) is 0 Å². The predicted molar refractivity (Wildman–Crippen MR) is 124 cm³/mol. The van der Waals surface area contributed by atoms with Gasteiger partial charge in [-0.05, 0) is 49.7 Å². The van der Waals surface area contributed by atoms with E-state index in [0.29, 0.717) is 42.1 Å². The third-order valence-corrected chi connectivity index (χ3v) is 16.4. The molecule has 32 heavy (non-hydrogen) atoms. The zero-order valence-electron chi connectivity index (χ0n) is 21.3. The van der Waals surface area contributed by atoms with Gasteiger partial charge in [-0.1, -0.05) is 48.5 Å². The second kappa shape index (κ2) is 8.44. The molecule has 5 atom stereocenters. The van der Waals surface area contributed by atoms with Crippen LogP contribution in [-0.4, -0.2) is 44.4 Å². The number of carbonyl (C=O) groups excluding carboxylic acids is 3. The summed E-state index contributed by atoms with van der Waals surface area (Å²) in [5.41, 5.74) is -0.423. The Balaban J connectivity index is 1.77. The van der Waals surface area contributed by atoms with Crippen molar-refractivity contribution in [3.05, 3.63) is 0 Å². The lowest BCUT2D eigenvalue weighted by molar-refractivity contribution is -0.170. The maximum Gasteiger partial charge on any atom is 0.324 e. The number of rotatable bonds is 9. The lowest BCUT2D eigenvalue weighted by Gasteiger charge is -2.42. The second-order valence-electron chi connectivity index (χ2n) is 11.9. The van der Waals surface area contributed by atoms with Crippen LogP contribution in [-0.2, 0) is 28.6 Å². The molecular weight excluding hydrogens is 424 g/mol. The highest BCUT2D eigenvalue weighted by Crippen LogP contribution is 2.63. The molecule has 5 unspecified atom stereocenters. The van der Waals surface area contributed by atoms with Crippen LogP contribution in [0, 0.1) is 22.7 Å². The Hall–Kier alpha value is -1.37. The molecule has 3 aliphatic rings. The zero-order valence-corrected chi connectivity index (χ0v) is 22.3. The molecular formula is C25H42O6Si. The minimum Gasteiger partial charge on any atom is -0.469 e. The lowest BCUT2D eigenvalue weighted by atomic mass is 9.73. The van der Waals surface area contributed by atoms with Crippen molar-refractivity contribution in [2.45, 2.75) is 110 Å². The van der Waals surface area contributed by atoms with Gasteiger partial charge < -0.3 is 14.2 Å². The fourth-order valence-electron chi connectivity index (χ4n) is 6.68. The standard InChI is InChI=1S/C25H42O6Si/c1-10-24(8,9)21(26)30-19-17-11-18-20(19)31-23(28)25(18,12-17)22(27)29-13-32(14(2)3,15(4)5)16(6)7/h14-20H,10-13H2,1-9H3. The molecule has 1 aliphatic heterocycles. The van der Waals surface area contributed by atoms with Crippen molar-refractivity contribution in [1.29, 1.82) is 0 Å². The van der Waals surface area contributed by atoms with Crippen LogP contribution in [0.2, 0.25) is 16.6 Å². The number of carbonyl (C=O) groups is 3. The number of hydrogen-bond donors (Lipinski definition) is 0. The van der Waals surface area contributed by atoms with Gasteiger partial charge in [0.25, 0.3) is 0 Å². The molecule has 7 heteroatoms. The smallest absolute Gasteiger partial charge is 0.324 e. The van der Waals surface area contributed by atoms with Crippen molar-refractivity contribution in [3.63, 3.8) is 0 Å². The quantitative estimate of drug-likeness (QED) is 0.205. The molecule has 0 N–H and O–H groups in total. The molecule has 0 aromatic rings. The topological polar surface area (TPSA) is 78.9 Å². The molecule has 1 heterocycles. The number of esters is 3. The molecule has 1 saturated heterocycles. The van der Waals surface area contributed by atoms with E-state index in [-0.39, 0.29) is 17.8 Å². The highest BCUT2D eigenvalue weighted by molar-refractivity contribution is 6.83. The van der Waals surface area contributed by atoms with Crippen molar-refractivity contribution < 1.29 is 28.6 Å². The van der Waals surface area contributed by atoms with Crippen LogP contribution in [0.1, 0.15) is 81.6 Å². The summed E-state index contributed by atoms with van der Waals surface area (Å²) in [6.07, 6.45) is 1.13. The molecule has 182 valence electrons. The average Bonchev–Trinajstić information content (AvgIpc) is 3.29. The van der Waals surface area contributed by atoms with E-state index in [1.807, 2.05) is 20.8 Å². The third-order valence-electron chi connectivity index (χ3n) is 9.29. The first kappa shape index (κ1) is 25.3. The molecule has 3 fully saturated rings. The van der Waals surface area contributed by atoms with Crippen molar-refractivity contribution in [1.82, 2.24) is 0 Å². The molecule has 0 amide bonds. The van der Waals surface area contributed by atoms with Crippen molar-refractivity contribution >= 4 is 26.0 Å². The van der Waals surface area contributed by atoms with Gasteiger partial charge in [0, 0.05) is 11.8 Å². The Morgan fingerprint density at radius 3 is 2.19 bits per heavy atom. The number of hydrogen-bond acceptors (Lipinski definition) is 6. The summed E-state index contributed by atoms with van der Waals surface area (Å²) in [4.78, 5) is 39.1. The minimum absolute atomic E-state index is 0.0390. The summed E-state index contributed by atoms with van der Waals surface area (Å²) in [5, 5.41) is 0. The van der Waals surface area contributed by atoms with Gasteiger partial charge in [0.2, 0.25) is 0 Å². The normalized spacial score (nSPS) is 31.6. The molecule has 2 bridgehead atoms. The van der Waals surface area contributed by atoms with E-state index in [0.717, 1.165) is 0 Å². The van der Waals surface area contributed by atoms with Gasteiger partial charge in [0.1, 0.15) is 20.3 Å². The van der Waals surface area contributed by atoms with Gasteiger partial charge >= 0.3 is 17.9 Å². The maximum atomic E-state index is 13.5. The van der Waals surface area contributed by atoms with Crippen LogP contribution in [0.4, 0.5) is 0 Å². The van der Waals surface area contributed by atoms with E-state index in [2.05, 4.69) is 41.5 Å². The Bertz CT molecular complexity index is 751. The molecule has 3 rings (SSSR count). The largest absolute Gasteiger partial charge is 0.469 e. The monoisotopic (exact) mass is 466 g/mol. The van der Waals surface area contributed by atoms with Crippen molar-refractivity contribution in [2.75, 3.05) is 6.23 Å². The van der Waals surface area contributed by atoms with Gasteiger partial charge in [0.05, 0.1) is 11.6 Å². The molecule has 6 nitrogen and oxygen atoms in total. The number of ether oxygens (including phenoxy) is 3. The van der Waals surface area contributed by atoms with E-state index in [9.17, 15) is 14.4 Å².